The molecule has 1 atom stereocenters. The first kappa shape index (κ1) is 15.0. The summed E-state index contributed by atoms with van der Waals surface area (Å²) in [5.74, 6) is 6.62. The van der Waals surface area contributed by atoms with Gasteiger partial charge in [-0.25, -0.2) is 0 Å². The van der Waals surface area contributed by atoms with Crippen LogP contribution in [0, 0.1) is 0 Å². The maximum atomic E-state index is 5.73. The number of hydrogen-bond acceptors (Lipinski definition) is 3. The van der Waals surface area contributed by atoms with Gasteiger partial charge in [0.05, 0.1) is 12.6 Å². The second kappa shape index (κ2) is 7.43. The van der Waals surface area contributed by atoms with Crippen LogP contribution in [0.4, 0.5) is 0 Å². The van der Waals surface area contributed by atoms with Gasteiger partial charge in [0.1, 0.15) is 5.75 Å². The van der Waals surface area contributed by atoms with Crippen molar-refractivity contribution in [3.05, 3.63) is 64.1 Å². The summed E-state index contributed by atoms with van der Waals surface area (Å²) in [5, 5.41) is 0. The van der Waals surface area contributed by atoms with E-state index >= 15 is 0 Å². The van der Waals surface area contributed by atoms with Gasteiger partial charge in [-0.1, -0.05) is 46.3 Å². The minimum atomic E-state index is 0.0268. The lowest BCUT2D eigenvalue weighted by Crippen LogP contribution is -2.30. The highest BCUT2D eigenvalue weighted by Crippen LogP contribution is 2.27. The minimum absolute atomic E-state index is 0.0268. The Morgan fingerprint density at radius 1 is 1.15 bits per heavy atom. The van der Waals surface area contributed by atoms with Gasteiger partial charge in [-0.2, -0.15) is 0 Å². The maximum absolute atomic E-state index is 5.73. The van der Waals surface area contributed by atoms with Crippen molar-refractivity contribution in [2.75, 3.05) is 6.61 Å². The molecule has 0 heterocycles. The molecular weight excluding hydrogens is 316 g/mol. The summed E-state index contributed by atoms with van der Waals surface area (Å²) < 4.78 is 6.75. The number of hydrogen-bond donors (Lipinski definition) is 2. The van der Waals surface area contributed by atoms with Crippen LogP contribution < -0.4 is 16.0 Å². The summed E-state index contributed by atoms with van der Waals surface area (Å²) in [5.41, 5.74) is 5.20. The molecule has 1 unspecified atom stereocenters. The SMILES string of the molecule is CCOc1ccccc1C(Cc1ccc(Br)cc1)NN. The van der Waals surface area contributed by atoms with E-state index in [-0.39, 0.29) is 6.04 Å². The molecule has 0 aromatic heterocycles. The number of para-hydroxylation sites is 1. The van der Waals surface area contributed by atoms with Crippen LogP contribution >= 0.6 is 15.9 Å². The van der Waals surface area contributed by atoms with Gasteiger partial charge in [-0.15, -0.1) is 0 Å². The standard InChI is InChI=1S/C16H19BrN2O/c1-2-20-16-6-4-3-5-14(16)15(19-18)11-12-7-9-13(17)10-8-12/h3-10,15,19H,2,11,18H2,1H3. The monoisotopic (exact) mass is 334 g/mol. The van der Waals surface area contributed by atoms with E-state index in [1.165, 1.54) is 5.56 Å². The molecule has 106 valence electrons. The van der Waals surface area contributed by atoms with Gasteiger partial charge in [-0.05, 0) is 37.1 Å². The highest BCUT2D eigenvalue weighted by atomic mass is 79.9. The third-order valence-electron chi connectivity index (χ3n) is 3.15. The topological polar surface area (TPSA) is 47.3 Å². The molecule has 0 aliphatic rings. The first-order chi connectivity index (χ1) is 9.74. The van der Waals surface area contributed by atoms with Crippen molar-refractivity contribution in [2.45, 2.75) is 19.4 Å². The van der Waals surface area contributed by atoms with E-state index in [4.69, 9.17) is 10.6 Å². The smallest absolute Gasteiger partial charge is 0.124 e. The highest BCUT2D eigenvalue weighted by Gasteiger charge is 2.15. The molecule has 0 amide bonds. The molecule has 3 N–H and O–H groups in total. The van der Waals surface area contributed by atoms with Crippen molar-refractivity contribution in [1.29, 1.82) is 0 Å². The molecule has 0 saturated heterocycles. The van der Waals surface area contributed by atoms with E-state index < -0.39 is 0 Å². The van der Waals surface area contributed by atoms with E-state index in [1.807, 2.05) is 43.3 Å². The van der Waals surface area contributed by atoms with Gasteiger partial charge < -0.3 is 4.74 Å². The Labute approximate surface area is 128 Å². The number of ether oxygens (including phenoxy) is 1. The molecule has 0 fully saturated rings. The van der Waals surface area contributed by atoms with Crippen molar-refractivity contribution in [1.82, 2.24) is 5.43 Å². The Morgan fingerprint density at radius 3 is 2.50 bits per heavy atom. The molecule has 2 aromatic rings. The van der Waals surface area contributed by atoms with Gasteiger partial charge in [0, 0.05) is 10.0 Å². The second-order valence-electron chi connectivity index (χ2n) is 4.52. The van der Waals surface area contributed by atoms with Crippen LogP contribution in [0.25, 0.3) is 0 Å². The predicted molar refractivity (Wildman–Crippen MR) is 85.5 cm³/mol. The number of hydrazine groups is 1. The van der Waals surface area contributed by atoms with E-state index in [9.17, 15) is 0 Å². The fourth-order valence-corrected chi connectivity index (χ4v) is 2.43. The van der Waals surface area contributed by atoms with Crippen molar-refractivity contribution in [3.63, 3.8) is 0 Å². The molecule has 2 aromatic carbocycles. The van der Waals surface area contributed by atoms with Gasteiger partial charge in [0.15, 0.2) is 0 Å². The van der Waals surface area contributed by atoms with Gasteiger partial charge >= 0.3 is 0 Å². The van der Waals surface area contributed by atoms with Crippen molar-refractivity contribution >= 4 is 15.9 Å². The van der Waals surface area contributed by atoms with Crippen molar-refractivity contribution in [2.24, 2.45) is 5.84 Å². The molecule has 20 heavy (non-hydrogen) atoms. The summed E-state index contributed by atoms with van der Waals surface area (Å²) in [6.07, 6.45) is 0.813. The molecular formula is C16H19BrN2O. The second-order valence-corrected chi connectivity index (χ2v) is 5.44. The van der Waals surface area contributed by atoms with E-state index in [1.54, 1.807) is 0 Å². The molecule has 0 aliphatic carbocycles. The molecule has 0 spiro atoms. The molecule has 3 nitrogen and oxygen atoms in total. The zero-order valence-electron chi connectivity index (χ0n) is 11.5. The zero-order valence-corrected chi connectivity index (χ0v) is 13.1. The van der Waals surface area contributed by atoms with Crippen molar-refractivity contribution < 1.29 is 4.74 Å². The summed E-state index contributed by atoms with van der Waals surface area (Å²) in [7, 11) is 0. The number of nitrogens with two attached hydrogens (primary N) is 1. The molecule has 2 rings (SSSR count). The first-order valence-electron chi connectivity index (χ1n) is 6.67. The van der Waals surface area contributed by atoms with Crippen LogP contribution in [0.2, 0.25) is 0 Å². The van der Waals surface area contributed by atoms with Crippen LogP contribution in [0.1, 0.15) is 24.1 Å². The lowest BCUT2D eigenvalue weighted by Gasteiger charge is -2.19. The summed E-state index contributed by atoms with van der Waals surface area (Å²) >= 11 is 3.45. The largest absolute Gasteiger partial charge is 0.494 e. The van der Waals surface area contributed by atoms with Gasteiger partial charge in [0.25, 0.3) is 0 Å². The van der Waals surface area contributed by atoms with Gasteiger partial charge in [-0.3, -0.25) is 11.3 Å². The molecule has 0 aliphatic heterocycles. The molecule has 0 bridgehead atoms. The summed E-state index contributed by atoms with van der Waals surface area (Å²) in [4.78, 5) is 0. The average molecular weight is 335 g/mol. The van der Waals surface area contributed by atoms with Crippen LogP contribution in [-0.2, 0) is 6.42 Å². The summed E-state index contributed by atoms with van der Waals surface area (Å²) in [6.45, 7) is 2.63. The quantitative estimate of drug-likeness (QED) is 0.626. The Hall–Kier alpha value is -1.36. The predicted octanol–water partition coefficient (Wildman–Crippen LogP) is 3.59. The maximum Gasteiger partial charge on any atom is 0.124 e. The molecule has 0 saturated carbocycles. The highest BCUT2D eigenvalue weighted by molar-refractivity contribution is 9.10. The zero-order chi connectivity index (χ0) is 14.4. The Bertz CT molecular complexity index is 542. The lowest BCUT2D eigenvalue weighted by atomic mass is 9.98. The number of halogens is 1. The number of rotatable bonds is 6. The normalized spacial score (nSPS) is 12.2. The van der Waals surface area contributed by atoms with Crippen LogP contribution in [0.15, 0.2) is 53.0 Å². The van der Waals surface area contributed by atoms with Gasteiger partial charge in [0.2, 0.25) is 0 Å². The summed E-state index contributed by atoms with van der Waals surface area (Å²) in [6, 6.07) is 16.3. The third kappa shape index (κ3) is 3.82. The fraction of sp³-hybridized carbons (Fsp3) is 0.250. The minimum Gasteiger partial charge on any atom is -0.494 e. The average Bonchev–Trinajstić information content (AvgIpc) is 2.48. The number of nitrogens with one attached hydrogen (secondary N) is 1. The molecule has 4 heteroatoms. The van der Waals surface area contributed by atoms with Crippen LogP contribution in [0.3, 0.4) is 0 Å². The Kier molecular flexibility index (Phi) is 5.59. The molecule has 0 radical (unpaired) electrons. The number of benzene rings is 2. The van der Waals surface area contributed by atoms with E-state index in [2.05, 4.69) is 33.5 Å². The Morgan fingerprint density at radius 2 is 1.85 bits per heavy atom. The fourth-order valence-electron chi connectivity index (χ4n) is 2.17. The van der Waals surface area contributed by atoms with Crippen molar-refractivity contribution in [3.8, 4) is 5.75 Å². The lowest BCUT2D eigenvalue weighted by molar-refractivity contribution is 0.331. The Balaban J connectivity index is 2.21. The van der Waals surface area contributed by atoms with Crippen LogP contribution in [0.5, 0.6) is 5.75 Å². The van der Waals surface area contributed by atoms with Crippen LogP contribution in [-0.4, -0.2) is 6.61 Å². The van der Waals surface area contributed by atoms with E-state index in [0.29, 0.717) is 6.61 Å². The van der Waals surface area contributed by atoms with E-state index in [0.717, 1.165) is 22.2 Å². The first-order valence-corrected chi connectivity index (χ1v) is 7.46. The third-order valence-corrected chi connectivity index (χ3v) is 3.68.